The van der Waals surface area contributed by atoms with Gasteiger partial charge in [-0.05, 0) is 55.0 Å². The number of hydrogen-bond donors (Lipinski definition) is 3. The molecule has 0 unspecified atom stereocenters. The van der Waals surface area contributed by atoms with Crippen LogP contribution in [0.5, 0.6) is 5.75 Å². The number of fused-ring (bicyclic) bond motifs is 1. The fourth-order valence-corrected chi connectivity index (χ4v) is 3.61. The summed E-state index contributed by atoms with van der Waals surface area (Å²) in [5.41, 5.74) is 3.47. The van der Waals surface area contributed by atoms with E-state index in [2.05, 4.69) is 69.1 Å². The minimum atomic E-state index is 0.215. The van der Waals surface area contributed by atoms with Gasteiger partial charge in [0.2, 0.25) is 5.95 Å². The third-order valence-electron chi connectivity index (χ3n) is 5.22. The van der Waals surface area contributed by atoms with Crippen molar-refractivity contribution in [3.63, 3.8) is 0 Å². The van der Waals surface area contributed by atoms with Gasteiger partial charge in [-0.1, -0.05) is 60.7 Å². The molecule has 0 aliphatic heterocycles. The Kier molecular flexibility index (Phi) is 6.96. The Morgan fingerprint density at radius 2 is 1.29 bits per heavy atom. The number of anilines is 2. The molecule has 3 aromatic carbocycles. The third kappa shape index (κ3) is 5.95. The number of nitrogens with zero attached hydrogens (tertiary/aromatic N) is 2. The molecule has 31 heavy (non-hydrogen) atoms. The number of aromatic hydroxyl groups is 1. The van der Waals surface area contributed by atoms with Crippen molar-refractivity contribution in [1.29, 1.82) is 0 Å². The molecule has 0 amide bonds. The maximum atomic E-state index is 9.93. The molecule has 0 aliphatic carbocycles. The zero-order chi connectivity index (χ0) is 21.3. The predicted molar refractivity (Wildman–Crippen MR) is 128 cm³/mol. The molecule has 0 bridgehead atoms. The van der Waals surface area contributed by atoms with Crippen LogP contribution in [0.25, 0.3) is 10.9 Å². The normalized spacial score (nSPS) is 10.8. The molecule has 0 fully saturated rings. The molecule has 0 saturated heterocycles. The second-order valence-electron chi connectivity index (χ2n) is 7.63. The van der Waals surface area contributed by atoms with Crippen LogP contribution in [0, 0.1) is 0 Å². The number of nitrogens with one attached hydrogen (secondary N) is 2. The molecule has 1 aromatic heterocycles. The average molecular weight is 413 g/mol. The topological polar surface area (TPSA) is 70.1 Å². The van der Waals surface area contributed by atoms with E-state index >= 15 is 0 Å². The van der Waals surface area contributed by atoms with E-state index in [1.165, 1.54) is 11.1 Å². The molecule has 0 radical (unpaired) electrons. The van der Waals surface area contributed by atoms with Crippen LogP contribution in [0.2, 0.25) is 0 Å². The van der Waals surface area contributed by atoms with E-state index in [4.69, 9.17) is 0 Å². The lowest BCUT2D eigenvalue weighted by Gasteiger charge is -2.12. The SMILES string of the molecule is Oc1ccc2nc(NCCCc3ccccc3)nc(NCCCc3ccccc3)c2c1. The van der Waals surface area contributed by atoms with E-state index in [-0.39, 0.29) is 5.75 Å². The number of aryl methyl sites for hydroxylation is 2. The Balaban J connectivity index is 1.39. The van der Waals surface area contributed by atoms with E-state index in [9.17, 15) is 5.11 Å². The number of benzene rings is 3. The largest absolute Gasteiger partial charge is 0.508 e. The van der Waals surface area contributed by atoms with Crippen LogP contribution in [0.3, 0.4) is 0 Å². The minimum Gasteiger partial charge on any atom is -0.508 e. The molecule has 3 N–H and O–H groups in total. The average Bonchev–Trinajstić information content (AvgIpc) is 2.81. The molecular formula is C26H28N4O. The monoisotopic (exact) mass is 412 g/mol. The maximum Gasteiger partial charge on any atom is 0.225 e. The first-order chi connectivity index (χ1) is 15.3. The molecule has 0 saturated carbocycles. The highest BCUT2D eigenvalue weighted by atomic mass is 16.3. The number of hydrogen-bond acceptors (Lipinski definition) is 5. The van der Waals surface area contributed by atoms with Gasteiger partial charge in [0, 0.05) is 18.5 Å². The Hall–Kier alpha value is -3.60. The summed E-state index contributed by atoms with van der Waals surface area (Å²) in [6.07, 6.45) is 4.02. The lowest BCUT2D eigenvalue weighted by molar-refractivity contribution is 0.476. The van der Waals surface area contributed by atoms with Crippen molar-refractivity contribution < 1.29 is 5.11 Å². The molecule has 5 nitrogen and oxygen atoms in total. The molecule has 4 aromatic rings. The van der Waals surface area contributed by atoms with Crippen molar-refractivity contribution in [2.24, 2.45) is 0 Å². The number of aromatic nitrogens is 2. The van der Waals surface area contributed by atoms with Crippen molar-refractivity contribution in [1.82, 2.24) is 9.97 Å². The van der Waals surface area contributed by atoms with Crippen LogP contribution in [0.4, 0.5) is 11.8 Å². The summed E-state index contributed by atoms with van der Waals surface area (Å²) in [7, 11) is 0. The Morgan fingerprint density at radius 3 is 1.94 bits per heavy atom. The standard InChI is InChI=1S/C26H28N4O/c31-22-15-16-24-23(19-22)25(27-17-7-13-20-9-3-1-4-10-20)30-26(29-24)28-18-8-14-21-11-5-2-6-12-21/h1-6,9-12,15-16,19,31H,7-8,13-14,17-18H2,(H2,27,28,29,30). The van der Waals surface area contributed by atoms with Crippen molar-refractivity contribution in [3.05, 3.63) is 90.0 Å². The fraction of sp³-hybridized carbons (Fsp3) is 0.231. The highest BCUT2D eigenvalue weighted by Gasteiger charge is 2.09. The third-order valence-corrected chi connectivity index (χ3v) is 5.22. The highest BCUT2D eigenvalue weighted by Crippen LogP contribution is 2.26. The molecule has 0 aliphatic rings. The van der Waals surface area contributed by atoms with Gasteiger partial charge in [0.15, 0.2) is 0 Å². The van der Waals surface area contributed by atoms with Gasteiger partial charge < -0.3 is 15.7 Å². The molecule has 5 heteroatoms. The second-order valence-corrected chi connectivity index (χ2v) is 7.63. The van der Waals surface area contributed by atoms with E-state index in [0.29, 0.717) is 5.95 Å². The van der Waals surface area contributed by atoms with Gasteiger partial charge in [-0.15, -0.1) is 0 Å². The van der Waals surface area contributed by atoms with E-state index in [1.807, 2.05) is 18.2 Å². The van der Waals surface area contributed by atoms with Crippen molar-refractivity contribution in [2.75, 3.05) is 23.7 Å². The minimum absolute atomic E-state index is 0.215. The highest BCUT2D eigenvalue weighted by molar-refractivity contribution is 5.91. The summed E-state index contributed by atoms with van der Waals surface area (Å²) in [6, 6.07) is 26.2. The van der Waals surface area contributed by atoms with Gasteiger partial charge in [0.1, 0.15) is 11.6 Å². The van der Waals surface area contributed by atoms with Crippen molar-refractivity contribution in [3.8, 4) is 5.75 Å². The summed E-state index contributed by atoms with van der Waals surface area (Å²) < 4.78 is 0. The van der Waals surface area contributed by atoms with Crippen LogP contribution in [-0.4, -0.2) is 28.2 Å². The molecule has 4 rings (SSSR count). The van der Waals surface area contributed by atoms with Crippen LogP contribution in [-0.2, 0) is 12.8 Å². The van der Waals surface area contributed by atoms with Gasteiger partial charge in [0.25, 0.3) is 0 Å². The quantitative estimate of drug-likeness (QED) is 0.303. The van der Waals surface area contributed by atoms with Gasteiger partial charge >= 0.3 is 0 Å². The molecular weight excluding hydrogens is 384 g/mol. The zero-order valence-electron chi connectivity index (χ0n) is 17.6. The molecule has 0 atom stereocenters. The summed E-state index contributed by atoms with van der Waals surface area (Å²) >= 11 is 0. The van der Waals surface area contributed by atoms with E-state index in [1.54, 1.807) is 12.1 Å². The van der Waals surface area contributed by atoms with Crippen molar-refractivity contribution in [2.45, 2.75) is 25.7 Å². The molecule has 0 spiro atoms. The van der Waals surface area contributed by atoms with Gasteiger partial charge in [0.05, 0.1) is 5.52 Å². The first-order valence-corrected chi connectivity index (χ1v) is 10.8. The predicted octanol–water partition coefficient (Wildman–Crippen LogP) is 5.42. The van der Waals surface area contributed by atoms with E-state index < -0.39 is 0 Å². The van der Waals surface area contributed by atoms with Gasteiger partial charge in [-0.25, -0.2) is 4.98 Å². The van der Waals surface area contributed by atoms with Gasteiger partial charge in [-0.2, -0.15) is 4.98 Å². The summed E-state index contributed by atoms with van der Waals surface area (Å²) in [5, 5.41) is 17.5. The smallest absolute Gasteiger partial charge is 0.225 e. The summed E-state index contributed by atoms with van der Waals surface area (Å²) in [6.45, 7) is 1.59. The molecule has 158 valence electrons. The Bertz CT molecular complexity index is 1100. The number of rotatable bonds is 10. The van der Waals surface area contributed by atoms with Crippen LogP contribution in [0.1, 0.15) is 24.0 Å². The van der Waals surface area contributed by atoms with Crippen LogP contribution in [0.15, 0.2) is 78.9 Å². The van der Waals surface area contributed by atoms with Crippen molar-refractivity contribution >= 4 is 22.7 Å². The Labute approximate surface area is 183 Å². The lowest BCUT2D eigenvalue weighted by atomic mass is 10.1. The Morgan fingerprint density at radius 1 is 0.677 bits per heavy atom. The van der Waals surface area contributed by atoms with Crippen LogP contribution >= 0.6 is 0 Å². The van der Waals surface area contributed by atoms with E-state index in [0.717, 1.165) is 55.5 Å². The first kappa shape index (κ1) is 20.7. The lowest BCUT2D eigenvalue weighted by Crippen LogP contribution is -2.10. The van der Waals surface area contributed by atoms with Crippen LogP contribution < -0.4 is 10.6 Å². The second kappa shape index (κ2) is 10.4. The van der Waals surface area contributed by atoms with Gasteiger partial charge in [-0.3, -0.25) is 0 Å². The zero-order valence-corrected chi connectivity index (χ0v) is 17.6. The summed E-state index contributed by atoms with van der Waals surface area (Å²) in [5.74, 6) is 1.57. The maximum absolute atomic E-state index is 9.93. The summed E-state index contributed by atoms with van der Waals surface area (Å²) in [4.78, 5) is 9.31. The number of phenols is 1. The first-order valence-electron chi connectivity index (χ1n) is 10.8. The fourth-order valence-electron chi connectivity index (χ4n) is 3.61. The molecule has 1 heterocycles. The number of phenolic OH excluding ortho intramolecular Hbond substituents is 1.